The van der Waals surface area contributed by atoms with Gasteiger partial charge in [0.1, 0.15) is 6.61 Å². The van der Waals surface area contributed by atoms with Gasteiger partial charge in [-0.2, -0.15) is 0 Å². The summed E-state index contributed by atoms with van der Waals surface area (Å²) in [5.41, 5.74) is -0.707. The summed E-state index contributed by atoms with van der Waals surface area (Å²) < 4.78 is 11.4. The van der Waals surface area contributed by atoms with Crippen LogP contribution in [0.4, 0.5) is 0 Å². The van der Waals surface area contributed by atoms with Crippen LogP contribution in [0.15, 0.2) is 70.8 Å². The molecule has 1 aromatic heterocycles. The number of rotatable bonds is 7. The monoisotopic (exact) mass is 365 g/mol. The van der Waals surface area contributed by atoms with E-state index in [1.54, 1.807) is 24.3 Å². The highest BCUT2D eigenvalue weighted by Gasteiger charge is 2.10. The molecule has 0 unspecified atom stereocenters. The van der Waals surface area contributed by atoms with Crippen LogP contribution < -0.4 is 11.1 Å². The maximum absolute atomic E-state index is 12.9. The van der Waals surface area contributed by atoms with Gasteiger partial charge in [-0.1, -0.05) is 43.0 Å². The third-order valence-electron chi connectivity index (χ3n) is 4.19. The molecule has 0 radical (unpaired) electrons. The molecule has 0 N–H and O–H groups in total. The highest BCUT2D eigenvalue weighted by Crippen LogP contribution is 2.19. The lowest BCUT2D eigenvalue weighted by molar-refractivity contribution is -0.139. The summed E-state index contributed by atoms with van der Waals surface area (Å²) in [6, 6.07) is 14.4. The van der Waals surface area contributed by atoms with Crippen LogP contribution in [0, 0.1) is 0 Å². The van der Waals surface area contributed by atoms with Gasteiger partial charge in [-0.05, 0) is 22.9 Å². The predicted molar refractivity (Wildman–Crippen MR) is 104 cm³/mol. The summed E-state index contributed by atoms with van der Waals surface area (Å²) >= 11 is 0. The molecule has 2 aromatic carbocycles. The molecule has 0 bridgehead atoms. The molecule has 0 spiro atoms. The standard InChI is InChI=1S/C21H19NO5/c1-2-19(23)27-14-13-26-12-11-22-20(24)17-9-5-3-7-15(17)16-8-4-6-10-18(16)21(22)25/h2-10H,1,11-14H2. The maximum Gasteiger partial charge on any atom is 0.330 e. The van der Waals surface area contributed by atoms with Crippen LogP contribution in [0.2, 0.25) is 0 Å². The topological polar surface area (TPSA) is 74.6 Å². The summed E-state index contributed by atoms with van der Waals surface area (Å²) in [4.78, 5) is 36.8. The highest BCUT2D eigenvalue weighted by molar-refractivity contribution is 6.05. The first-order chi connectivity index (χ1) is 13.1. The van der Waals surface area contributed by atoms with Crippen LogP contribution in [0.1, 0.15) is 0 Å². The molecule has 138 valence electrons. The zero-order valence-corrected chi connectivity index (χ0v) is 14.7. The number of esters is 1. The van der Waals surface area contributed by atoms with Crippen LogP contribution in [0.25, 0.3) is 21.5 Å². The van der Waals surface area contributed by atoms with Crippen molar-refractivity contribution < 1.29 is 14.3 Å². The van der Waals surface area contributed by atoms with Crippen LogP contribution >= 0.6 is 0 Å². The summed E-state index contributed by atoms with van der Waals surface area (Å²) in [6.07, 6.45) is 1.07. The molecule has 0 amide bonds. The van der Waals surface area contributed by atoms with E-state index < -0.39 is 5.97 Å². The van der Waals surface area contributed by atoms with Crippen molar-refractivity contribution >= 4 is 27.5 Å². The van der Waals surface area contributed by atoms with Crippen LogP contribution in [-0.2, 0) is 20.8 Å². The van der Waals surface area contributed by atoms with Crippen molar-refractivity contribution in [3.63, 3.8) is 0 Å². The number of hydrogen-bond donors (Lipinski definition) is 0. The second kappa shape index (κ2) is 8.42. The van der Waals surface area contributed by atoms with Crippen LogP contribution in [0.5, 0.6) is 0 Å². The zero-order chi connectivity index (χ0) is 19.2. The van der Waals surface area contributed by atoms with Crippen molar-refractivity contribution in [2.45, 2.75) is 6.54 Å². The van der Waals surface area contributed by atoms with E-state index in [0.29, 0.717) is 10.8 Å². The molecule has 6 heteroatoms. The second-order valence-electron chi connectivity index (χ2n) is 5.84. The van der Waals surface area contributed by atoms with Crippen molar-refractivity contribution in [3.05, 3.63) is 81.9 Å². The van der Waals surface area contributed by atoms with Crippen molar-refractivity contribution in [1.82, 2.24) is 4.57 Å². The lowest BCUT2D eigenvalue weighted by atomic mass is 10.1. The van der Waals surface area contributed by atoms with E-state index in [9.17, 15) is 14.4 Å². The van der Waals surface area contributed by atoms with E-state index in [1.807, 2.05) is 24.3 Å². The first-order valence-electron chi connectivity index (χ1n) is 8.55. The lowest BCUT2D eigenvalue weighted by Crippen LogP contribution is -2.32. The normalized spacial score (nSPS) is 10.8. The van der Waals surface area contributed by atoms with Crippen molar-refractivity contribution in [2.24, 2.45) is 0 Å². The van der Waals surface area contributed by atoms with Gasteiger partial charge in [0.05, 0.1) is 19.8 Å². The van der Waals surface area contributed by atoms with Gasteiger partial charge in [-0.25, -0.2) is 4.79 Å². The van der Waals surface area contributed by atoms with Crippen molar-refractivity contribution in [1.29, 1.82) is 0 Å². The average molecular weight is 365 g/mol. The molecular formula is C21H19NO5. The summed E-state index contributed by atoms with van der Waals surface area (Å²) in [5, 5.41) is 2.45. The van der Waals surface area contributed by atoms with E-state index in [0.717, 1.165) is 16.8 Å². The Labute approximate surface area is 155 Å². The molecule has 0 saturated heterocycles. The highest BCUT2D eigenvalue weighted by atomic mass is 16.6. The number of aromatic nitrogens is 1. The van der Waals surface area contributed by atoms with E-state index >= 15 is 0 Å². The maximum atomic E-state index is 12.9. The summed E-state index contributed by atoms with van der Waals surface area (Å²) in [6.45, 7) is 3.81. The van der Waals surface area contributed by atoms with Gasteiger partial charge in [0.25, 0.3) is 11.1 Å². The third kappa shape index (κ3) is 3.96. The molecule has 3 aromatic rings. The minimum absolute atomic E-state index is 0.0818. The van der Waals surface area contributed by atoms with Crippen molar-refractivity contribution in [3.8, 4) is 0 Å². The minimum Gasteiger partial charge on any atom is -0.460 e. The fourth-order valence-corrected chi connectivity index (χ4v) is 2.91. The average Bonchev–Trinajstić information content (AvgIpc) is 2.79. The molecule has 0 fully saturated rings. The smallest absolute Gasteiger partial charge is 0.330 e. The first kappa shape index (κ1) is 18.5. The molecule has 0 aliphatic carbocycles. The Kier molecular flexibility index (Phi) is 5.78. The van der Waals surface area contributed by atoms with E-state index in [-0.39, 0.29) is 37.5 Å². The fraction of sp³-hybridized carbons (Fsp3) is 0.190. The quantitative estimate of drug-likeness (QED) is 0.365. The predicted octanol–water partition coefficient (Wildman–Crippen LogP) is 2.26. The molecule has 0 aliphatic rings. The van der Waals surface area contributed by atoms with Gasteiger partial charge in [-0.15, -0.1) is 0 Å². The molecule has 0 atom stereocenters. The number of benzene rings is 2. The first-order valence-corrected chi connectivity index (χ1v) is 8.55. The van der Waals surface area contributed by atoms with Crippen LogP contribution in [-0.4, -0.2) is 30.4 Å². The molecule has 0 saturated carbocycles. The molecular weight excluding hydrogens is 346 g/mol. The molecule has 6 nitrogen and oxygen atoms in total. The van der Waals surface area contributed by atoms with Gasteiger partial charge >= 0.3 is 5.97 Å². The minimum atomic E-state index is -0.523. The van der Waals surface area contributed by atoms with Gasteiger partial charge in [0, 0.05) is 16.8 Å². The van der Waals surface area contributed by atoms with Gasteiger partial charge in [0.15, 0.2) is 0 Å². The largest absolute Gasteiger partial charge is 0.460 e. The molecule has 3 rings (SSSR count). The molecule has 27 heavy (non-hydrogen) atoms. The Morgan fingerprint density at radius 3 is 1.89 bits per heavy atom. The fourth-order valence-electron chi connectivity index (χ4n) is 2.91. The Morgan fingerprint density at radius 1 is 0.852 bits per heavy atom. The third-order valence-corrected chi connectivity index (χ3v) is 4.19. The summed E-state index contributed by atoms with van der Waals surface area (Å²) in [5.74, 6) is -0.523. The van der Waals surface area contributed by atoms with E-state index in [2.05, 4.69) is 6.58 Å². The van der Waals surface area contributed by atoms with Gasteiger partial charge in [0.2, 0.25) is 0 Å². The van der Waals surface area contributed by atoms with E-state index in [4.69, 9.17) is 9.47 Å². The number of nitrogens with zero attached hydrogens (tertiary/aromatic N) is 1. The number of ether oxygens (including phenoxy) is 2. The molecule has 1 heterocycles. The van der Waals surface area contributed by atoms with Crippen LogP contribution in [0.3, 0.4) is 0 Å². The Morgan fingerprint density at radius 2 is 1.37 bits per heavy atom. The summed E-state index contributed by atoms with van der Waals surface area (Å²) in [7, 11) is 0. The Balaban J connectivity index is 1.91. The number of fused-ring (bicyclic) bond motifs is 3. The van der Waals surface area contributed by atoms with Crippen molar-refractivity contribution in [2.75, 3.05) is 19.8 Å². The number of hydrogen-bond acceptors (Lipinski definition) is 5. The molecule has 0 aliphatic heterocycles. The van der Waals surface area contributed by atoms with E-state index in [1.165, 1.54) is 4.57 Å². The number of carbonyl (C=O) groups is 1. The Bertz CT molecular complexity index is 1040. The van der Waals surface area contributed by atoms with Gasteiger partial charge in [-0.3, -0.25) is 14.2 Å². The number of carbonyl (C=O) groups excluding carboxylic acids is 1. The second-order valence-corrected chi connectivity index (χ2v) is 5.84. The lowest BCUT2D eigenvalue weighted by Gasteiger charge is -2.05. The van der Waals surface area contributed by atoms with Gasteiger partial charge < -0.3 is 9.47 Å². The Hall–Kier alpha value is -3.25. The SMILES string of the molecule is C=CC(=O)OCCOCCn1c(=O)c2ccccc2c2ccccc2c1=O. The zero-order valence-electron chi connectivity index (χ0n) is 14.7.